The minimum Gasteiger partial charge on any atom is -0.497 e. The van der Waals surface area contributed by atoms with Crippen LogP contribution in [0.15, 0.2) is 18.2 Å². The first kappa shape index (κ1) is 14.3. The third kappa shape index (κ3) is 3.13. The van der Waals surface area contributed by atoms with E-state index >= 15 is 0 Å². The van der Waals surface area contributed by atoms with Crippen LogP contribution in [0.4, 0.5) is 5.69 Å². The molecule has 2 N–H and O–H groups in total. The summed E-state index contributed by atoms with van der Waals surface area (Å²) in [5, 5.41) is 5.76. The summed E-state index contributed by atoms with van der Waals surface area (Å²) in [7, 11) is 4.87. The lowest BCUT2D eigenvalue weighted by molar-refractivity contribution is -0.121. The smallest absolute Gasteiger partial charge is 0.244 e. The number of likely N-dealkylation sites (N-methyl/N-ethyl adjacent to an activating group) is 1. The maximum absolute atomic E-state index is 12.1. The Morgan fingerprint density at radius 2 is 1.89 bits per heavy atom. The van der Waals surface area contributed by atoms with E-state index in [9.17, 15) is 4.79 Å². The van der Waals surface area contributed by atoms with Crippen LogP contribution in [-0.4, -0.2) is 32.7 Å². The fourth-order valence-corrected chi connectivity index (χ4v) is 1.30. The molecule has 1 amide bonds. The fourth-order valence-electron chi connectivity index (χ4n) is 1.30. The lowest BCUT2D eigenvalue weighted by Crippen LogP contribution is -2.47. The van der Waals surface area contributed by atoms with Gasteiger partial charge in [0.1, 0.15) is 11.5 Å². The number of carbonyl (C=O) groups excluding carboxylic acids is 1. The summed E-state index contributed by atoms with van der Waals surface area (Å²) in [5.74, 6) is 1.11. The second-order valence-corrected chi connectivity index (χ2v) is 4.40. The van der Waals surface area contributed by atoms with Crippen LogP contribution in [0.3, 0.4) is 0 Å². The van der Waals surface area contributed by atoms with E-state index in [1.807, 2.05) is 0 Å². The Hall–Kier alpha value is -1.75. The number of nitrogens with one attached hydrogen (secondary N) is 2. The average Bonchev–Trinajstić information content (AvgIpc) is 2.38. The van der Waals surface area contributed by atoms with Gasteiger partial charge in [-0.1, -0.05) is 0 Å². The first-order valence-electron chi connectivity index (χ1n) is 5.67. The Morgan fingerprint density at radius 1 is 1.22 bits per heavy atom. The van der Waals surface area contributed by atoms with Gasteiger partial charge in [-0.3, -0.25) is 4.79 Å². The van der Waals surface area contributed by atoms with Crippen molar-refractivity contribution >= 4 is 11.6 Å². The topological polar surface area (TPSA) is 59.6 Å². The second kappa shape index (κ2) is 5.73. The van der Waals surface area contributed by atoms with E-state index in [-0.39, 0.29) is 5.91 Å². The molecule has 0 aromatic heterocycles. The molecule has 100 valence electrons. The van der Waals surface area contributed by atoms with Crippen molar-refractivity contribution in [2.75, 3.05) is 26.6 Å². The molecule has 0 radical (unpaired) electrons. The third-order valence-electron chi connectivity index (χ3n) is 2.85. The van der Waals surface area contributed by atoms with E-state index in [0.717, 1.165) is 0 Å². The highest BCUT2D eigenvalue weighted by Crippen LogP contribution is 2.29. The van der Waals surface area contributed by atoms with Gasteiger partial charge in [-0.05, 0) is 33.0 Å². The summed E-state index contributed by atoms with van der Waals surface area (Å²) in [6.07, 6.45) is 0. The Bertz CT molecular complexity index is 430. The van der Waals surface area contributed by atoms with Crippen molar-refractivity contribution in [3.63, 3.8) is 0 Å². The molecule has 0 bridgehead atoms. The highest BCUT2D eigenvalue weighted by atomic mass is 16.5. The Labute approximate surface area is 107 Å². The molecule has 0 atom stereocenters. The molecule has 0 fully saturated rings. The number of hydrogen-bond donors (Lipinski definition) is 2. The van der Waals surface area contributed by atoms with Crippen molar-refractivity contribution in [1.29, 1.82) is 0 Å². The monoisotopic (exact) mass is 252 g/mol. The molecule has 0 aliphatic heterocycles. The number of rotatable bonds is 5. The zero-order chi connectivity index (χ0) is 13.8. The zero-order valence-corrected chi connectivity index (χ0v) is 11.5. The predicted octanol–water partition coefficient (Wildman–Crippen LogP) is 1.64. The van der Waals surface area contributed by atoms with Crippen molar-refractivity contribution in [2.45, 2.75) is 19.4 Å². The average molecular weight is 252 g/mol. The third-order valence-corrected chi connectivity index (χ3v) is 2.85. The molecule has 1 aromatic rings. The zero-order valence-electron chi connectivity index (χ0n) is 11.5. The molecule has 0 heterocycles. The highest BCUT2D eigenvalue weighted by Gasteiger charge is 2.26. The van der Waals surface area contributed by atoms with E-state index in [1.165, 1.54) is 0 Å². The summed E-state index contributed by atoms with van der Waals surface area (Å²) >= 11 is 0. The molecule has 1 aromatic carbocycles. The van der Waals surface area contributed by atoms with Crippen LogP contribution in [0, 0.1) is 0 Å². The summed E-state index contributed by atoms with van der Waals surface area (Å²) in [4.78, 5) is 12.1. The lowest BCUT2D eigenvalue weighted by atomic mass is 10.1. The lowest BCUT2D eigenvalue weighted by Gasteiger charge is -2.23. The van der Waals surface area contributed by atoms with Crippen molar-refractivity contribution in [2.24, 2.45) is 0 Å². The Morgan fingerprint density at radius 3 is 2.39 bits per heavy atom. The van der Waals surface area contributed by atoms with Crippen molar-refractivity contribution < 1.29 is 14.3 Å². The number of anilines is 1. The summed E-state index contributed by atoms with van der Waals surface area (Å²) < 4.78 is 10.3. The second-order valence-electron chi connectivity index (χ2n) is 4.40. The van der Waals surface area contributed by atoms with Gasteiger partial charge in [0.25, 0.3) is 0 Å². The number of amides is 1. The Kier molecular flexibility index (Phi) is 4.55. The maximum atomic E-state index is 12.1. The molecule has 5 nitrogen and oxygen atoms in total. The van der Waals surface area contributed by atoms with Crippen LogP contribution in [0.2, 0.25) is 0 Å². The molecular formula is C13H20N2O3. The van der Waals surface area contributed by atoms with E-state index < -0.39 is 5.54 Å². The van der Waals surface area contributed by atoms with Crippen molar-refractivity contribution in [1.82, 2.24) is 5.32 Å². The number of benzene rings is 1. The molecule has 0 unspecified atom stereocenters. The van der Waals surface area contributed by atoms with Crippen molar-refractivity contribution in [3.8, 4) is 11.5 Å². The van der Waals surface area contributed by atoms with Crippen LogP contribution in [0.5, 0.6) is 11.5 Å². The van der Waals surface area contributed by atoms with Crippen molar-refractivity contribution in [3.05, 3.63) is 18.2 Å². The van der Waals surface area contributed by atoms with Crippen LogP contribution in [0.25, 0.3) is 0 Å². The van der Waals surface area contributed by atoms with Gasteiger partial charge >= 0.3 is 0 Å². The highest BCUT2D eigenvalue weighted by molar-refractivity contribution is 5.98. The van der Waals surface area contributed by atoms with E-state index in [4.69, 9.17) is 9.47 Å². The van der Waals surface area contributed by atoms with Gasteiger partial charge in [-0.15, -0.1) is 0 Å². The van der Waals surface area contributed by atoms with E-state index in [1.54, 1.807) is 53.3 Å². The van der Waals surface area contributed by atoms with Gasteiger partial charge in [0, 0.05) is 6.07 Å². The summed E-state index contributed by atoms with van der Waals surface area (Å²) in [6, 6.07) is 5.25. The van der Waals surface area contributed by atoms with Gasteiger partial charge in [-0.25, -0.2) is 0 Å². The van der Waals surface area contributed by atoms with Gasteiger partial charge in [0.05, 0.1) is 25.4 Å². The fraction of sp³-hybridized carbons (Fsp3) is 0.462. The molecule has 18 heavy (non-hydrogen) atoms. The minimum atomic E-state index is -0.659. The van der Waals surface area contributed by atoms with Crippen LogP contribution < -0.4 is 20.1 Å². The molecular weight excluding hydrogens is 232 g/mol. The molecule has 1 rings (SSSR count). The predicted molar refractivity (Wildman–Crippen MR) is 71.3 cm³/mol. The standard InChI is InChI=1S/C13H20N2O3/c1-13(2,14-3)12(16)15-10-8-9(17-4)6-7-11(10)18-5/h6-8,14H,1-5H3,(H,15,16). The first-order valence-corrected chi connectivity index (χ1v) is 5.67. The van der Waals surface area contributed by atoms with E-state index in [2.05, 4.69) is 10.6 Å². The molecule has 0 spiro atoms. The van der Waals surface area contributed by atoms with Crippen LogP contribution in [-0.2, 0) is 4.79 Å². The molecule has 0 saturated carbocycles. The van der Waals surface area contributed by atoms with E-state index in [0.29, 0.717) is 17.2 Å². The summed E-state index contributed by atoms with van der Waals surface area (Å²) in [6.45, 7) is 3.60. The van der Waals surface area contributed by atoms with Crippen LogP contribution >= 0.6 is 0 Å². The quantitative estimate of drug-likeness (QED) is 0.836. The number of ether oxygens (including phenoxy) is 2. The molecule has 0 aliphatic carbocycles. The Balaban J connectivity index is 2.98. The first-order chi connectivity index (χ1) is 8.44. The molecule has 0 saturated heterocycles. The van der Waals surface area contributed by atoms with Gasteiger partial charge in [0.2, 0.25) is 5.91 Å². The molecule has 5 heteroatoms. The van der Waals surface area contributed by atoms with Crippen LogP contribution in [0.1, 0.15) is 13.8 Å². The number of carbonyl (C=O) groups is 1. The van der Waals surface area contributed by atoms with Gasteiger partial charge in [0.15, 0.2) is 0 Å². The minimum absolute atomic E-state index is 0.142. The maximum Gasteiger partial charge on any atom is 0.244 e. The summed E-state index contributed by atoms with van der Waals surface area (Å²) in [5.41, 5.74) is -0.0705. The number of hydrogen-bond acceptors (Lipinski definition) is 4. The van der Waals surface area contributed by atoms with Gasteiger partial charge in [-0.2, -0.15) is 0 Å². The number of methoxy groups -OCH3 is 2. The SMILES string of the molecule is CNC(C)(C)C(=O)Nc1cc(OC)ccc1OC. The van der Waals surface area contributed by atoms with Gasteiger partial charge < -0.3 is 20.1 Å². The normalized spacial score (nSPS) is 10.9. The molecule has 0 aliphatic rings. The largest absolute Gasteiger partial charge is 0.497 e.